The number of rotatable bonds is 3. The minimum Gasteiger partial charge on any atom is -0.356 e. The van der Waals surface area contributed by atoms with E-state index in [-0.39, 0.29) is 16.6 Å². The van der Waals surface area contributed by atoms with Crippen LogP contribution in [0, 0.1) is 5.41 Å². The molecule has 2 aromatic heterocycles. The van der Waals surface area contributed by atoms with Crippen LogP contribution in [0.4, 0.5) is 11.4 Å². The van der Waals surface area contributed by atoms with Gasteiger partial charge in [0.25, 0.3) is 0 Å². The van der Waals surface area contributed by atoms with Crippen LogP contribution >= 0.6 is 0 Å². The highest BCUT2D eigenvalue weighted by molar-refractivity contribution is 6.07. The number of carbonyl (C=O) groups excluding carboxylic acids is 1. The molecule has 0 saturated heterocycles. The van der Waals surface area contributed by atoms with Crippen LogP contribution in [0.25, 0.3) is 11.3 Å². The fourth-order valence-corrected chi connectivity index (χ4v) is 4.12. The van der Waals surface area contributed by atoms with Crippen LogP contribution in [0.1, 0.15) is 62.7 Å². The lowest BCUT2D eigenvalue weighted by Crippen LogP contribution is -2.26. The number of pyridine rings is 1. The summed E-state index contributed by atoms with van der Waals surface area (Å²) in [4.78, 5) is 20.8. The fourth-order valence-electron chi connectivity index (χ4n) is 4.12. The minimum atomic E-state index is -0.0339. The highest BCUT2D eigenvalue weighted by Crippen LogP contribution is 2.43. The second kappa shape index (κ2) is 6.87. The molecule has 1 aromatic carbocycles. The van der Waals surface area contributed by atoms with Crippen LogP contribution in [-0.2, 0) is 11.8 Å². The molecule has 0 radical (unpaired) electrons. The number of aromatic amines is 1. The topological polar surface area (TPSA) is 57.8 Å². The first-order valence-corrected chi connectivity index (χ1v) is 10.2. The molecule has 29 heavy (non-hydrogen) atoms. The van der Waals surface area contributed by atoms with Crippen molar-refractivity contribution in [2.75, 3.05) is 5.32 Å². The third kappa shape index (κ3) is 3.84. The van der Waals surface area contributed by atoms with Crippen molar-refractivity contribution in [2.45, 2.75) is 52.9 Å². The number of hydrogen-bond donors (Lipinski definition) is 2. The summed E-state index contributed by atoms with van der Waals surface area (Å²) < 4.78 is 0. The van der Waals surface area contributed by atoms with E-state index in [1.54, 1.807) is 12.4 Å². The molecular weight excluding hydrogens is 358 g/mol. The predicted molar refractivity (Wildman–Crippen MR) is 119 cm³/mol. The average molecular weight is 388 g/mol. The second-order valence-corrected chi connectivity index (χ2v) is 9.86. The van der Waals surface area contributed by atoms with Crippen LogP contribution in [-0.4, -0.2) is 15.8 Å². The number of ketones is 1. The molecule has 0 aliphatic heterocycles. The summed E-state index contributed by atoms with van der Waals surface area (Å²) >= 11 is 0. The Kier molecular flexibility index (Phi) is 4.60. The molecule has 0 atom stereocenters. The molecule has 2 N–H and O–H groups in total. The number of fused-ring (bicyclic) bond motifs is 1. The first kappa shape index (κ1) is 19.4. The summed E-state index contributed by atoms with van der Waals surface area (Å²) in [7, 11) is 0. The van der Waals surface area contributed by atoms with Crippen LogP contribution in [0.15, 0.2) is 48.8 Å². The standard InChI is InChI=1S/C25H29N3O/c1-24(2,3)17-7-6-8-18(13-17)27-23-21-19(14-25(4,5)15-20(21)29)28-22(23)16-9-11-26-12-10-16/h6-13,27-28H,14-15H2,1-5H3. The number of hydrogen-bond acceptors (Lipinski definition) is 3. The second-order valence-electron chi connectivity index (χ2n) is 9.86. The van der Waals surface area contributed by atoms with Gasteiger partial charge in [-0.1, -0.05) is 46.8 Å². The molecule has 0 bridgehead atoms. The SMILES string of the molecule is CC1(C)CC(=O)c2c([nH]c(-c3ccncc3)c2Nc2cccc(C(C)(C)C)c2)C1. The lowest BCUT2D eigenvalue weighted by molar-refractivity contribution is 0.0912. The molecule has 150 valence electrons. The van der Waals surface area contributed by atoms with E-state index in [0.29, 0.717) is 6.42 Å². The van der Waals surface area contributed by atoms with Gasteiger partial charge in [-0.3, -0.25) is 9.78 Å². The summed E-state index contributed by atoms with van der Waals surface area (Å²) in [5, 5.41) is 3.58. The molecule has 0 fully saturated rings. The lowest BCUT2D eigenvalue weighted by Gasteiger charge is -2.28. The number of nitrogens with one attached hydrogen (secondary N) is 2. The third-order valence-corrected chi connectivity index (χ3v) is 5.62. The molecule has 3 aromatic rings. The predicted octanol–water partition coefficient (Wildman–Crippen LogP) is 6.27. The molecule has 1 aliphatic carbocycles. The van der Waals surface area contributed by atoms with Crippen molar-refractivity contribution in [2.24, 2.45) is 5.41 Å². The van der Waals surface area contributed by atoms with Gasteiger partial charge >= 0.3 is 0 Å². The quantitative estimate of drug-likeness (QED) is 0.556. The normalized spacial score (nSPS) is 15.8. The summed E-state index contributed by atoms with van der Waals surface area (Å²) in [6.45, 7) is 10.9. The van der Waals surface area contributed by atoms with E-state index in [1.165, 1.54) is 5.56 Å². The number of H-pyrrole nitrogens is 1. The molecule has 2 heterocycles. The molecule has 4 heteroatoms. The maximum absolute atomic E-state index is 13.1. The van der Waals surface area contributed by atoms with Gasteiger partial charge in [0.05, 0.1) is 16.9 Å². The highest BCUT2D eigenvalue weighted by atomic mass is 16.1. The van der Waals surface area contributed by atoms with Crippen LogP contribution < -0.4 is 5.32 Å². The first-order valence-electron chi connectivity index (χ1n) is 10.2. The van der Waals surface area contributed by atoms with Crippen LogP contribution in [0.2, 0.25) is 0 Å². The molecule has 0 amide bonds. The minimum absolute atomic E-state index is 0.0339. The van der Waals surface area contributed by atoms with Crippen molar-refractivity contribution in [3.63, 3.8) is 0 Å². The van der Waals surface area contributed by atoms with E-state index in [1.807, 2.05) is 12.1 Å². The Balaban J connectivity index is 1.84. The van der Waals surface area contributed by atoms with Gasteiger partial charge in [0.1, 0.15) is 0 Å². The van der Waals surface area contributed by atoms with E-state index >= 15 is 0 Å². The zero-order chi connectivity index (χ0) is 20.8. The Bertz CT molecular complexity index is 1060. The van der Waals surface area contributed by atoms with E-state index < -0.39 is 0 Å². The van der Waals surface area contributed by atoms with Crippen molar-refractivity contribution in [1.82, 2.24) is 9.97 Å². The fraction of sp³-hybridized carbons (Fsp3) is 0.360. The van der Waals surface area contributed by atoms with Crippen molar-refractivity contribution in [3.05, 3.63) is 65.6 Å². The molecule has 4 rings (SSSR count). The van der Waals surface area contributed by atoms with Crippen molar-refractivity contribution >= 4 is 17.2 Å². The zero-order valence-electron chi connectivity index (χ0n) is 17.9. The Morgan fingerprint density at radius 2 is 1.79 bits per heavy atom. The van der Waals surface area contributed by atoms with Gasteiger partial charge in [-0.15, -0.1) is 0 Å². The Labute approximate surface area is 172 Å². The average Bonchev–Trinajstić information content (AvgIpc) is 2.99. The van der Waals surface area contributed by atoms with Crippen molar-refractivity contribution in [3.8, 4) is 11.3 Å². The van der Waals surface area contributed by atoms with Gasteiger partial charge in [0.15, 0.2) is 5.78 Å². The largest absolute Gasteiger partial charge is 0.356 e. The molecular formula is C25H29N3O. The number of carbonyl (C=O) groups is 1. The van der Waals surface area contributed by atoms with Gasteiger partial charge in [0, 0.05) is 35.8 Å². The summed E-state index contributed by atoms with van der Waals surface area (Å²) in [5.41, 5.74) is 6.94. The number of Topliss-reactive ketones (excluding diaryl/α,β-unsaturated/α-hetero) is 1. The lowest BCUT2D eigenvalue weighted by atomic mass is 9.76. The number of anilines is 2. The third-order valence-electron chi connectivity index (χ3n) is 5.62. The van der Waals surface area contributed by atoms with E-state index in [2.05, 4.69) is 74.2 Å². The van der Waals surface area contributed by atoms with Crippen molar-refractivity contribution in [1.29, 1.82) is 0 Å². The van der Waals surface area contributed by atoms with Gasteiger partial charge in [-0.25, -0.2) is 0 Å². The van der Waals surface area contributed by atoms with Gasteiger partial charge in [-0.05, 0) is 47.1 Å². The molecule has 0 unspecified atom stereocenters. The van der Waals surface area contributed by atoms with Gasteiger partial charge in [-0.2, -0.15) is 0 Å². The zero-order valence-corrected chi connectivity index (χ0v) is 17.9. The Morgan fingerprint density at radius 3 is 2.48 bits per heavy atom. The van der Waals surface area contributed by atoms with Crippen LogP contribution in [0.5, 0.6) is 0 Å². The Morgan fingerprint density at radius 1 is 1.07 bits per heavy atom. The smallest absolute Gasteiger partial charge is 0.167 e. The first-order chi connectivity index (χ1) is 13.6. The van der Waals surface area contributed by atoms with Crippen LogP contribution in [0.3, 0.4) is 0 Å². The number of nitrogens with zero attached hydrogens (tertiary/aromatic N) is 1. The summed E-state index contributed by atoms with van der Waals surface area (Å²) in [6, 6.07) is 12.4. The van der Waals surface area contributed by atoms with Gasteiger partial charge < -0.3 is 10.3 Å². The molecule has 0 spiro atoms. The molecule has 1 aliphatic rings. The highest BCUT2D eigenvalue weighted by Gasteiger charge is 2.35. The maximum atomic E-state index is 13.1. The Hall–Kier alpha value is -2.88. The molecule has 0 saturated carbocycles. The number of benzene rings is 1. The van der Waals surface area contributed by atoms with E-state index in [4.69, 9.17) is 0 Å². The van der Waals surface area contributed by atoms with E-state index in [9.17, 15) is 4.79 Å². The maximum Gasteiger partial charge on any atom is 0.167 e. The summed E-state index contributed by atoms with van der Waals surface area (Å²) in [5.74, 6) is 0.197. The number of aromatic nitrogens is 2. The van der Waals surface area contributed by atoms with Crippen molar-refractivity contribution < 1.29 is 4.79 Å². The molecule has 4 nitrogen and oxygen atoms in total. The monoisotopic (exact) mass is 387 g/mol. The van der Waals surface area contributed by atoms with Gasteiger partial charge in [0.2, 0.25) is 0 Å². The van der Waals surface area contributed by atoms with E-state index in [0.717, 1.165) is 40.3 Å². The summed E-state index contributed by atoms with van der Waals surface area (Å²) in [6.07, 6.45) is 4.98.